The van der Waals surface area contributed by atoms with Gasteiger partial charge in [0.2, 0.25) is 0 Å². The second-order valence-electron chi connectivity index (χ2n) is 6.24. The van der Waals surface area contributed by atoms with Gasteiger partial charge in [0.1, 0.15) is 12.1 Å². The van der Waals surface area contributed by atoms with Crippen molar-refractivity contribution < 1.29 is 9.53 Å². The fourth-order valence-corrected chi connectivity index (χ4v) is 4.12. The van der Waals surface area contributed by atoms with Crippen LogP contribution < -0.4 is 0 Å². The lowest BCUT2D eigenvalue weighted by Crippen LogP contribution is -2.57. The van der Waals surface area contributed by atoms with Gasteiger partial charge in [0, 0.05) is 22.0 Å². The molecule has 0 N–H and O–H groups in total. The van der Waals surface area contributed by atoms with E-state index in [1.165, 1.54) is 5.56 Å². The summed E-state index contributed by atoms with van der Waals surface area (Å²) >= 11 is 3.53. The number of hydrogen-bond acceptors (Lipinski definition) is 4. The minimum Gasteiger partial charge on any atom is -0.460 e. The van der Waals surface area contributed by atoms with E-state index in [2.05, 4.69) is 49.9 Å². The molecule has 2 aliphatic rings. The number of esters is 1. The molecule has 2 fully saturated rings. The molecule has 3 rings (SSSR count). The molecule has 4 atom stereocenters. The number of morpholine rings is 1. The van der Waals surface area contributed by atoms with Gasteiger partial charge in [-0.15, -0.1) is 0 Å². The van der Waals surface area contributed by atoms with Gasteiger partial charge in [0.05, 0.1) is 6.54 Å². The van der Waals surface area contributed by atoms with Gasteiger partial charge in [-0.1, -0.05) is 40.1 Å². The third kappa shape index (κ3) is 3.37. The fourth-order valence-electron chi connectivity index (χ4n) is 3.71. The molecule has 122 valence electrons. The van der Waals surface area contributed by atoms with Gasteiger partial charge < -0.3 is 4.74 Å². The highest BCUT2D eigenvalue weighted by atomic mass is 79.9. The average Bonchev–Trinajstić information content (AvgIpc) is 2.52. The molecule has 1 aromatic rings. The van der Waals surface area contributed by atoms with Gasteiger partial charge in [-0.3, -0.25) is 9.69 Å². The zero-order chi connectivity index (χ0) is 16.4. The van der Waals surface area contributed by atoms with Crippen molar-refractivity contribution in [3.05, 3.63) is 44.7 Å². The van der Waals surface area contributed by atoms with Crippen LogP contribution >= 0.6 is 15.9 Å². The summed E-state index contributed by atoms with van der Waals surface area (Å²) < 4.78 is 6.48. The van der Waals surface area contributed by atoms with E-state index < -0.39 is 0 Å². The van der Waals surface area contributed by atoms with Gasteiger partial charge in [-0.05, 0) is 42.0 Å². The van der Waals surface area contributed by atoms with Crippen LogP contribution in [0.1, 0.15) is 31.4 Å². The number of carbonyl (C=O) groups is 1. The molecule has 0 radical (unpaired) electrons. The molecule has 6 nitrogen and oxygen atoms in total. The second-order valence-corrected chi connectivity index (χ2v) is 7.16. The van der Waals surface area contributed by atoms with Gasteiger partial charge in [0.15, 0.2) is 0 Å². The average molecular weight is 379 g/mol. The highest BCUT2D eigenvalue weighted by Gasteiger charge is 2.44. The van der Waals surface area contributed by atoms with E-state index >= 15 is 0 Å². The number of azide groups is 1. The summed E-state index contributed by atoms with van der Waals surface area (Å²) in [6, 6.07) is 8.23. The van der Waals surface area contributed by atoms with E-state index in [0.29, 0.717) is 12.5 Å². The fraction of sp³-hybridized carbons (Fsp3) is 0.562. The molecule has 2 heterocycles. The highest BCUT2D eigenvalue weighted by molar-refractivity contribution is 9.10. The Balaban J connectivity index is 1.90. The Kier molecular flexibility index (Phi) is 4.90. The van der Waals surface area contributed by atoms with Crippen molar-refractivity contribution in [1.82, 2.24) is 4.90 Å². The lowest BCUT2D eigenvalue weighted by Gasteiger charge is -2.48. The molecular weight excluding hydrogens is 360 g/mol. The molecular formula is C16H19BrN4O2. The molecule has 0 aliphatic carbocycles. The first-order valence-corrected chi connectivity index (χ1v) is 8.62. The molecule has 0 saturated carbocycles. The maximum absolute atomic E-state index is 12.3. The zero-order valence-electron chi connectivity index (χ0n) is 12.9. The molecule has 0 bridgehead atoms. The van der Waals surface area contributed by atoms with Gasteiger partial charge in [0.25, 0.3) is 0 Å². The quantitative estimate of drug-likeness (QED) is 0.347. The number of nitrogens with zero attached hydrogens (tertiary/aromatic N) is 4. The maximum Gasteiger partial charge on any atom is 0.323 e. The van der Waals surface area contributed by atoms with Crippen molar-refractivity contribution in [3.63, 3.8) is 0 Å². The SMILES string of the molecule is C[C@@H]1CC[C@H]2C(=O)O[C@@H](CN=[N+]=[N-])CN2[C@H]1c1cccc(Br)c1. The Morgan fingerprint density at radius 2 is 2.30 bits per heavy atom. The number of benzene rings is 1. The number of piperidine rings is 1. The Bertz CT molecular complexity index is 647. The van der Waals surface area contributed by atoms with Gasteiger partial charge in [-0.25, -0.2) is 0 Å². The normalized spacial score (nSPS) is 31.0. The summed E-state index contributed by atoms with van der Waals surface area (Å²) in [7, 11) is 0. The Morgan fingerprint density at radius 1 is 1.48 bits per heavy atom. The molecule has 2 aliphatic heterocycles. The Hall–Kier alpha value is -1.56. The first-order valence-electron chi connectivity index (χ1n) is 7.82. The molecule has 7 heteroatoms. The summed E-state index contributed by atoms with van der Waals surface area (Å²) in [6.45, 7) is 3.02. The third-order valence-electron chi connectivity index (χ3n) is 4.70. The molecule has 0 unspecified atom stereocenters. The smallest absolute Gasteiger partial charge is 0.323 e. The van der Waals surface area contributed by atoms with Crippen LogP contribution in [0.2, 0.25) is 0 Å². The van der Waals surface area contributed by atoms with Crippen LogP contribution in [0.5, 0.6) is 0 Å². The van der Waals surface area contributed by atoms with E-state index in [1.54, 1.807) is 0 Å². The number of halogens is 1. The first kappa shape index (κ1) is 16.3. The number of cyclic esters (lactones) is 1. The van der Waals surface area contributed by atoms with Crippen molar-refractivity contribution in [2.45, 2.75) is 38.0 Å². The second kappa shape index (κ2) is 6.91. The van der Waals surface area contributed by atoms with E-state index in [0.717, 1.165) is 17.3 Å². The van der Waals surface area contributed by atoms with Gasteiger partial charge >= 0.3 is 5.97 Å². The molecule has 2 saturated heterocycles. The summed E-state index contributed by atoms with van der Waals surface area (Å²) in [6.07, 6.45) is 1.45. The summed E-state index contributed by atoms with van der Waals surface area (Å²) in [5.74, 6) is 0.257. The Labute approximate surface area is 143 Å². The predicted octanol–water partition coefficient (Wildman–Crippen LogP) is 3.83. The van der Waals surface area contributed by atoms with Crippen LogP contribution in [0.15, 0.2) is 33.9 Å². The summed E-state index contributed by atoms with van der Waals surface area (Å²) in [5.41, 5.74) is 9.70. The van der Waals surface area contributed by atoms with Crippen LogP contribution in [0, 0.1) is 5.92 Å². The highest BCUT2D eigenvalue weighted by Crippen LogP contribution is 2.41. The van der Waals surface area contributed by atoms with Crippen molar-refractivity contribution in [2.75, 3.05) is 13.1 Å². The molecule has 23 heavy (non-hydrogen) atoms. The topological polar surface area (TPSA) is 78.3 Å². The number of hydrogen-bond donors (Lipinski definition) is 0. The minimum atomic E-state index is -0.366. The van der Waals surface area contributed by atoms with Crippen LogP contribution in [-0.4, -0.2) is 36.1 Å². The van der Waals surface area contributed by atoms with E-state index in [9.17, 15) is 4.79 Å². The van der Waals surface area contributed by atoms with Crippen LogP contribution in [0.3, 0.4) is 0 Å². The monoisotopic (exact) mass is 378 g/mol. The summed E-state index contributed by atoms with van der Waals surface area (Å²) in [4.78, 5) is 17.4. The molecule has 0 amide bonds. The lowest BCUT2D eigenvalue weighted by molar-refractivity contribution is -0.173. The largest absolute Gasteiger partial charge is 0.460 e. The third-order valence-corrected chi connectivity index (χ3v) is 5.19. The van der Waals surface area contributed by atoms with Crippen molar-refractivity contribution in [3.8, 4) is 0 Å². The van der Waals surface area contributed by atoms with Crippen LogP contribution in [-0.2, 0) is 9.53 Å². The standard InChI is InChI=1S/C16H19BrN4O2/c1-10-5-6-14-16(22)23-13(8-19-20-18)9-21(14)15(10)11-3-2-4-12(17)7-11/h2-4,7,10,13-15H,5-6,8-9H2,1H3/t10-,13+,14+,15-/m1/s1. The maximum atomic E-state index is 12.3. The number of fused-ring (bicyclic) bond motifs is 1. The minimum absolute atomic E-state index is 0.174. The van der Waals surface area contributed by atoms with E-state index in [4.69, 9.17) is 10.3 Å². The molecule has 0 spiro atoms. The van der Waals surface area contributed by atoms with Crippen molar-refractivity contribution in [2.24, 2.45) is 11.0 Å². The molecule has 0 aromatic heterocycles. The lowest BCUT2D eigenvalue weighted by atomic mass is 9.82. The first-order chi connectivity index (χ1) is 11.1. The Morgan fingerprint density at radius 3 is 3.04 bits per heavy atom. The van der Waals surface area contributed by atoms with E-state index in [1.807, 2.05) is 12.1 Å². The van der Waals surface area contributed by atoms with Crippen LogP contribution in [0.4, 0.5) is 0 Å². The van der Waals surface area contributed by atoms with E-state index in [-0.39, 0.29) is 30.7 Å². The van der Waals surface area contributed by atoms with Crippen molar-refractivity contribution in [1.29, 1.82) is 0 Å². The van der Waals surface area contributed by atoms with Gasteiger partial charge in [-0.2, -0.15) is 0 Å². The predicted molar refractivity (Wildman–Crippen MR) is 89.7 cm³/mol. The zero-order valence-corrected chi connectivity index (χ0v) is 14.5. The van der Waals surface area contributed by atoms with Crippen molar-refractivity contribution >= 4 is 21.9 Å². The number of carbonyl (C=O) groups excluding carboxylic acids is 1. The number of ether oxygens (including phenoxy) is 1. The molecule has 1 aromatic carbocycles. The van der Waals surface area contributed by atoms with Crippen LogP contribution in [0.25, 0.3) is 10.4 Å². The number of rotatable bonds is 3. The summed E-state index contributed by atoms with van der Waals surface area (Å²) in [5, 5.41) is 3.57.